The van der Waals surface area contributed by atoms with E-state index in [0.29, 0.717) is 61.5 Å². The van der Waals surface area contributed by atoms with Crippen LogP contribution in [0.4, 0.5) is 19.0 Å². The molecule has 5 rings (SSSR count). The molecule has 0 bridgehead atoms. The summed E-state index contributed by atoms with van der Waals surface area (Å²) < 4.78 is 47.9. The van der Waals surface area contributed by atoms with Gasteiger partial charge in [-0.2, -0.15) is 18.2 Å². The van der Waals surface area contributed by atoms with Crippen LogP contribution in [0.5, 0.6) is 0 Å². The minimum atomic E-state index is -4.44. The Kier molecular flexibility index (Phi) is 5.38. The lowest BCUT2D eigenvalue weighted by atomic mass is 10.0. The molecule has 1 saturated heterocycles. The molecule has 11 heteroatoms. The molecule has 0 aliphatic carbocycles. The number of anilines is 1. The van der Waals surface area contributed by atoms with E-state index in [1.165, 1.54) is 15.1 Å². The fourth-order valence-corrected chi connectivity index (χ4v) is 4.63. The smallest absolute Gasteiger partial charge is 0.381 e. The average Bonchev–Trinajstić information content (AvgIpc) is 3.10. The Hall–Kier alpha value is -2.95. The molecule has 2 aliphatic rings. The number of aryl methyl sites for hydroxylation is 1. The van der Waals surface area contributed by atoms with Gasteiger partial charge in [-0.25, -0.2) is 13.9 Å². The van der Waals surface area contributed by atoms with Gasteiger partial charge in [-0.05, 0) is 44.2 Å². The topological polar surface area (TPSA) is 77.6 Å². The second kappa shape index (κ2) is 8.12. The van der Waals surface area contributed by atoms with E-state index in [1.807, 2.05) is 18.7 Å². The minimum Gasteiger partial charge on any atom is -0.381 e. The fraction of sp³-hybridized carbons (Fsp3) is 0.545. The highest BCUT2D eigenvalue weighted by molar-refractivity contribution is 5.55. The van der Waals surface area contributed by atoms with Crippen LogP contribution >= 0.6 is 0 Å². The molecule has 0 atom stereocenters. The van der Waals surface area contributed by atoms with E-state index in [-0.39, 0.29) is 12.2 Å². The summed E-state index contributed by atoms with van der Waals surface area (Å²) in [5, 5.41) is 4.48. The van der Waals surface area contributed by atoms with Gasteiger partial charge in [0.15, 0.2) is 0 Å². The van der Waals surface area contributed by atoms with Crippen LogP contribution in [0.15, 0.2) is 17.1 Å². The van der Waals surface area contributed by atoms with Crippen molar-refractivity contribution < 1.29 is 17.9 Å². The van der Waals surface area contributed by atoms with E-state index in [9.17, 15) is 18.0 Å². The predicted molar refractivity (Wildman–Crippen MR) is 114 cm³/mol. The maximum atomic E-state index is 13.2. The number of halogens is 3. The summed E-state index contributed by atoms with van der Waals surface area (Å²) in [5.74, 6) is 1.26. The van der Waals surface area contributed by atoms with Crippen molar-refractivity contribution in [1.29, 1.82) is 0 Å². The minimum absolute atomic E-state index is 0.223. The first kappa shape index (κ1) is 21.9. The summed E-state index contributed by atoms with van der Waals surface area (Å²) in [6.45, 7) is 6.45. The van der Waals surface area contributed by atoms with Crippen molar-refractivity contribution >= 4 is 11.6 Å². The van der Waals surface area contributed by atoms with Crippen molar-refractivity contribution in [2.24, 2.45) is 5.92 Å². The van der Waals surface area contributed by atoms with Crippen molar-refractivity contribution in [2.45, 2.75) is 52.4 Å². The van der Waals surface area contributed by atoms with Gasteiger partial charge in [0.25, 0.3) is 5.78 Å². The molecule has 0 unspecified atom stereocenters. The highest BCUT2D eigenvalue weighted by atomic mass is 19.4. The fourth-order valence-electron chi connectivity index (χ4n) is 4.63. The molecule has 3 aromatic rings. The Balaban J connectivity index is 1.49. The summed E-state index contributed by atoms with van der Waals surface area (Å²) >= 11 is 0. The third-order valence-electron chi connectivity index (χ3n) is 6.68. The van der Waals surface area contributed by atoms with E-state index >= 15 is 0 Å². The molecule has 5 heterocycles. The number of fused-ring (bicyclic) bond motifs is 2. The lowest BCUT2D eigenvalue weighted by Crippen LogP contribution is -2.33. The number of aromatic nitrogens is 5. The van der Waals surface area contributed by atoms with Gasteiger partial charge in [-0.1, -0.05) is 0 Å². The lowest BCUT2D eigenvalue weighted by Gasteiger charge is -2.31. The molecule has 0 N–H and O–H groups in total. The van der Waals surface area contributed by atoms with Crippen molar-refractivity contribution in [3.63, 3.8) is 0 Å². The van der Waals surface area contributed by atoms with Gasteiger partial charge in [0.1, 0.15) is 5.82 Å². The number of hydrogen-bond acceptors (Lipinski definition) is 6. The van der Waals surface area contributed by atoms with Crippen LogP contribution in [0.25, 0.3) is 5.78 Å². The molecule has 33 heavy (non-hydrogen) atoms. The summed E-state index contributed by atoms with van der Waals surface area (Å²) in [4.78, 5) is 23.7. The predicted octanol–water partition coefficient (Wildman–Crippen LogP) is 2.91. The molecule has 2 aliphatic heterocycles. The van der Waals surface area contributed by atoms with Gasteiger partial charge in [0.2, 0.25) is 0 Å². The van der Waals surface area contributed by atoms with Crippen molar-refractivity contribution in [3.8, 4) is 0 Å². The van der Waals surface area contributed by atoms with Gasteiger partial charge in [0.05, 0.1) is 5.56 Å². The number of hydrogen-bond donors (Lipinski definition) is 0. The maximum absolute atomic E-state index is 13.2. The van der Waals surface area contributed by atoms with Crippen LogP contribution in [-0.4, -0.2) is 43.9 Å². The number of rotatable bonds is 3. The zero-order valence-electron chi connectivity index (χ0n) is 18.5. The van der Waals surface area contributed by atoms with Crippen molar-refractivity contribution in [1.82, 2.24) is 24.1 Å². The Morgan fingerprint density at radius 3 is 2.70 bits per heavy atom. The normalized spacial score (nSPS) is 17.5. The quantitative estimate of drug-likeness (QED) is 0.596. The molecule has 0 aromatic carbocycles. The van der Waals surface area contributed by atoms with E-state index in [2.05, 4.69) is 15.1 Å². The van der Waals surface area contributed by atoms with Crippen LogP contribution < -0.4 is 10.6 Å². The third-order valence-corrected chi connectivity index (χ3v) is 6.68. The van der Waals surface area contributed by atoms with Gasteiger partial charge in [-0.3, -0.25) is 4.98 Å². The van der Waals surface area contributed by atoms with E-state index in [1.54, 1.807) is 0 Å². The highest BCUT2D eigenvalue weighted by Gasteiger charge is 2.33. The second-order valence-electron chi connectivity index (χ2n) is 8.80. The molecular weight excluding hydrogens is 437 g/mol. The first-order valence-electron chi connectivity index (χ1n) is 11.1. The summed E-state index contributed by atoms with van der Waals surface area (Å²) in [6, 6.07) is 1.17. The molecule has 176 valence electrons. The first-order valence-corrected chi connectivity index (χ1v) is 11.1. The lowest BCUT2D eigenvalue weighted by molar-refractivity contribution is -0.137. The molecule has 0 spiro atoms. The first-order chi connectivity index (χ1) is 15.7. The number of alkyl halides is 3. The largest absolute Gasteiger partial charge is 0.417 e. The molecule has 1 fully saturated rings. The zero-order chi connectivity index (χ0) is 23.3. The van der Waals surface area contributed by atoms with E-state index in [4.69, 9.17) is 4.74 Å². The molecule has 3 aromatic heterocycles. The van der Waals surface area contributed by atoms with Gasteiger partial charge >= 0.3 is 11.9 Å². The standard InChI is InChI=1S/C22H25F3N6O2/c1-13-14(2)31-20(28-30(21(31)32)11-15-4-7-33-8-5-15)27-19(13)29-6-3-18-16(12-29)9-17(10-26-18)22(23,24)25/h9-10,15H,3-8,11-12H2,1-2H3. The summed E-state index contributed by atoms with van der Waals surface area (Å²) in [5.41, 5.74) is 1.77. The Labute approximate surface area is 188 Å². The number of nitrogens with zero attached hydrogens (tertiary/aromatic N) is 6. The van der Waals surface area contributed by atoms with Crippen molar-refractivity contribution in [2.75, 3.05) is 24.7 Å². The molecular formula is C22H25F3N6O2. The highest BCUT2D eigenvalue weighted by Crippen LogP contribution is 2.32. The van der Waals surface area contributed by atoms with Gasteiger partial charge in [-0.15, -0.1) is 5.10 Å². The number of pyridine rings is 1. The maximum Gasteiger partial charge on any atom is 0.417 e. The summed E-state index contributed by atoms with van der Waals surface area (Å²) in [7, 11) is 0. The van der Waals surface area contributed by atoms with Gasteiger partial charge < -0.3 is 9.64 Å². The van der Waals surface area contributed by atoms with Crippen LogP contribution in [-0.2, 0) is 30.4 Å². The van der Waals surface area contributed by atoms with Crippen LogP contribution in [0, 0.1) is 19.8 Å². The monoisotopic (exact) mass is 462 g/mol. The summed E-state index contributed by atoms with van der Waals surface area (Å²) in [6.07, 6.45) is -1.25. The third kappa shape index (κ3) is 3.98. The SMILES string of the molecule is Cc1c(N2CCc3ncc(C(F)(F)F)cc3C2)nc2nn(CC3CCOCC3)c(=O)n2c1C. The molecule has 0 amide bonds. The zero-order valence-corrected chi connectivity index (χ0v) is 18.5. The molecule has 0 saturated carbocycles. The Bertz CT molecular complexity index is 1260. The van der Waals surface area contributed by atoms with Gasteiger partial charge in [0, 0.05) is 62.4 Å². The molecule has 8 nitrogen and oxygen atoms in total. The molecule has 0 radical (unpaired) electrons. The number of ether oxygens (including phenoxy) is 1. The second-order valence-corrected chi connectivity index (χ2v) is 8.80. The Morgan fingerprint density at radius 2 is 1.97 bits per heavy atom. The average molecular weight is 462 g/mol. The van der Waals surface area contributed by atoms with Crippen LogP contribution in [0.2, 0.25) is 0 Å². The van der Waals surface area contributed by atoms with E-state index in [0.717, 1.165) is 30.3 Å². The van der Waals surface area contributed by atoms with Crippen LogP contribution in [0.1, 0.15) is 40.9 Å². The Morgan fingerprint density at radius 1 is 1.21 bits per heavy atom. The van der Waals surface area contributed by atoms with Crippen molar-refractivity contribution in [3.05, 3.63) is 50.8 Å². The van der Waals surface area contributed by atoms with Crippen LogP contribution in [0.3, 0.4) is 0 Å². The van der Waals surface area contributed by atoms with E-state index < -0.39 is 11.7 Å².